The van der Waals surface area contributed by atoms with E-state index in [-0.39, 0.29) is 0 Å². The maximum absolute atomic E-state index is 5.74. The summed E-state index contributed by atoms with van der Waals surface area (Å²) >= 11 is 0. The predicted octanol–water partition coefficient (Wildman–Crippen LogP) is 34.5. The van der Waals surface area contributed by atoms with Gasteiger partial charge in [0.1, 0.15) is 69.0 Å². The molecule has 0 aliphatic rings. The molecule has 692 valence electrons. The number of methoxy groups -OCH3 is 8. The summed E-state index contributed by atoms with van der Waals surface area (Å²) in [5, 5.41) is 14.9. The molecule has 0 spiro atoms. The number of rotatable bonds is 20. The third-order valence-electron chi connectivity index (χ3n) is 27.3. The van der Waals surface area contributed by atoms with Gasteiger partial charge in [0, 0.05) is 0 Å². The molecule has 0 aliphatic heterocycles. The van der Waals surface area contributed by atoms with Gasteiger partial charge in [-0.2, -0.15) is 0 Å². The highest BCUT2D eigenvalue weighted by molar-refractivity contribution is 6.34. The van der Waals surface area contributed by atoms with Crippen molar-refractivity contribution in [3.8, 4) is 158 Å². The summed E-state index contributed by atoms with van der Waals surface area (Å²) in [6, 6.07) is 102. The second kappa shape index (κ2) is 39.8. The molecule has 0 atom stereocenters. The van der Waals surface area contributed by atoms with Crippen LogP contribution in [0.25, 0.3) is 154 Å². The monoisotopic (exact) mass is 1820 g/mol. The molecule has 20 aromatic carbocycles. The van der Waals surface area contributed by atoms with E-state index in [1.54, 1.807) is 56.9 Å². The average molecular weight is 1820 g/mol. The summed E-state index contributed by atoms with van der Waals surface area (Å²) in [5.74, 6) is 10.4. The summed E-state index contributed by atoms with van der Waals surface area (Å²) in [4.78, 5) is 0. The Labute approximate surface area is 812 Å². The lowest BCUT2D eigenvalue weighted by atomic mass is 9.79. The molecule has 0 aliphatic carbocycles. The lowest BCUT2D eigenvalue weighted by Crippen LogP contribution is -2.00. The van der Waals surface area contributed by atoms with Gasteiger partial charge in [-0.25, -0.2) is 0 Å². The lowest BCUT2D eigenvalue weighted by Gasteiger charge is -2.25. The second-order valence-corrected chi connectivity index (χ2v) is 36.6. The van der Waals surface area contributed by atoms with Gasteiger partial charge in [-0.05, 0) is 523 Å². The molecule has 0 radical (unpaired) electrons. The molecule has 0 saturated carbocycles. The van der Waals surface area contributed by atoms with E-state index in [0.717, 1.165) is 69.0 Å². The highest BCUT2D eigenvalue weighted by Crippen LogP contribution is 2.56. The van der Waals surface area contributed by atoms with Crippen molar-refractivity contribution < 1.29 is 47.4 Å². The van der Waals surface area contributed by atoms with Gasteiger partial charge in [-0.3, -0.25) is 0 Å². The molecule has 138 heavy (non-hydrogen) atoms. The van der Waals surface area contributed by atoms with Crippen LogP contribution in [0.5, 0.6) is 69.0 Å². The highest BCUT2D eigenvalue weighted by Gasteiger charge is 2.30. The number of benzene rings is 20. The zero-order valence-electron chi connectivity index (χ0n) is 83.8. The van der Waals surface area contributed by atoms with Crippen LogP contribution in [-0.2, 0) is 0 Å². The van der Waals surface area contributed by atoms with Gasteiger partial charge < -0.3 is 47.4 Å². The number of hydrogen-bond acceptors (Lipinski definition) is 10. The van der Waals surface area contributed by atoms with E-state index in [1.165, 1.54) is 243 Å². The first kappa shape index (κ1) is 94.3. The molecule has 0 N–H and O–H groups in total. The average Bonchev–Trinajstić information content (AvgIpc) is 0.702. The van der Waals surface area contributed by atoms with Gasteiger partial charge in [0.15, 0.2) is 0 Å². The Hall–Kier alpha value is -15.5. The van der Waals surface area contributed by atoms with Gasteiger partial charge in [-0.15, -0.1) is 0 Å². The first-order valence-electron chi connectivity index (χ1n) is 47.0. The molecule has 10 heteroatoms. The summed E-state index contributed by atoms with van der Waals surface area (Å²) in [5.41, 5.74) is 38.5. The van der Waals surface area contributed by atoms with Crippen molar-refractivity contribution in [3.63, 3.8) is 0 Å². The van der Waals surface area contributed by atoms with Crippen LogP contribution in [0.4, 0.5) is 0 Å². The Bertz CT molecular complexity index is 6510. The Balaban J connectivity index is 0.000000151. The Morgan fingerprint density at radius 3 is 0.333 bits per heavy atom. The fourth-order valence-electron chi connectivity index (χ4n) is 21.6. The molecular weight excluding hydrogens is 1700 g/mol. The number of aryl methyl sites for hydroxylation is 16. The molecule has 0 fully saturated rings. The zero-order valence-corrected chi connectivity index (χ0v) is 83.8. The van der Waals surface area contributed by atoms with Crippen molar-refractivity contribution >= 4 is 64.6 Å². The van der Waals surface area contributed by atoms with Crippen LogP contribution in [0.3, 0.4) is 0 Å². The third-order valence-corrected chi connectivity index (χ3v) is 27.3. The minimum atomic E-state index is 0.869. The van der Waals surface area contributed by atoms with Crippen molar-refractivity contribution in [3.05, 3.63) is 380 Å². The minimum absolute atomic E-state index is 0.869. The molecule has 0 amide bonds. The molecule has 0 unspecified atom stereocenters. The van der Waals surface area contributed by atoms with Gasteiger partial charge in [0.2, 0.25) is 0 Å². The van der Waals surface area contributed by atoms with Crippen LogP contribution in [0, 0.1) is 111 Å². The van der Waals surface area contributed by atoms with Crippen molar-refractivity contribution in [2.75, 3.05) is 56.9 Å². The normalized spacial score (nSPS) is 11.2. The maximum atomic E-state index is 5.74. The van der Waals surface area contributed by atoms with Crippen LogP contribution in [0.1, 0.15) is 89.0 Å². The van der Waals surface area contributed by atoms with Crippen molar-refractivity contribution in [2.24, 2.45) is 0 Å². The zero-order chi connectivity index (χ0) is 97.3. The van der Waals surface area contributed by atoms with Crippen molar-refractivity contribution in [1.82, 2.24) is 0 Å². The van der Waals surface area contributed by atoms with Gasteiger partial charge in [-0.1, -0.05) is 121 Å². The fourth-order valence-corrected chi connectivity index (χ4v) is 21.6. The third kappa shape index (κ3) is 18.1. The molecule has 0 saturated heterocycles. The Kier molecular flexibility index (Phi) is 27.2. The van der Waals surface area contributed by atoms with Crippen LogP contribution >= 0.6 is 0 Å². The largest absolute Gasteiger partial charge is 0.497 e. The molecule has 20 aromatic rings. The number of ether oxygens (including phenoxy) is 10. The smallest absolute Gasteiger partial charge is 0.127 e. The van der Waals surface area contributed by atoms with E-state index in [1.807, 2.05) is 121 Å². The second-order valence-electron chi connectivity index (χ2n) is 36.6. The van der Waals surface area contributed by atoms with Crippen LogP contribution in [-0.4, -0.2) is 56.9 Å². The Morgan fingerprint density at radius 2 is 0.232 bits per heavy atom. The van der Waals surface area contributed by atoms with E-state index in [2.05, 4.69) is 281 Å². The number of para-hydroxylation sites is 4. The first-order valence-corrected chi connectivity index (χ1v) is 47.0. The summed E-state index contributed by atoms with van der Waals surface area (Å²) in [6.45, 7) is 35.2. The summed E-state index contributed by atoms with van der Waals surface area (Å²) in [6.07, 6.45) is 0. The molecule has 0 aromatic heterocycles. The minimum Gasteiger partial charge on any atom is -0.497 e. The molecule has 0 heterocycles. The van der Waals surface area contributed by atoms with E-state index < -0.39 is 0 Å². The molecule has 20 rings (SSSR count). The molecule has 10 nitrogen and oxygen atoms in total. The summed E-state index contributed by atoms with van der Waals surface area (Å²) < 4.78 is 57.1. The van der Waals surface area contributed by atoms with E-state index in [0.29, 0.717) is 0 Å². The quantitative estimate of drug-likeness (QED) is 0.0687. The van der Waals surface area contributed by atoms with Crippen LogP contribution in [0.15, 0.2) is 291 Å². The molecule has 0 bridgehead atoms. The first-order chi connectivity index (χ1) is 66.7. The maximum Gasteiger partial charge on any atom is 0.127 e. The Morgan fingerprint density at radius 1 is 0.123 bits per heavy atom. The topological polar surface area (TPSA) is 92.3 Å². The van der Waals surface area contributed by atoms with Crippen LogP contribution < -0.4 is 47.4 Å². The van der Waals surface area contributed by atoms with Crippen molar-refractivity contribution in [2.45, 2.75) is 111 Å². The fraction of sp³-hybridized carbons (Fsp3) is 0.188. The predicted molar refractivity (Wildman–Crippen MR) is 578 cm³/mol. The standard InChI is InChI=1S/2C52H50O4.2C12H10O/c2*1-27-17-35(53-9)18-28(2)47(27)43-25-44(48-29(3)19-36(54-10)20-30(48)4)40-15-16-42-46(50-33(7)23-38(56-12)24-34(50)8)26-45(41-14-13-39(43)51(40)52(41)42)49-31(5)21-37(55-11)22-32(49)6;2*1-3-7-11(8-4-1)13-12-9-5-2-6-10-12/h2*13-26H,1-12H3;2*1-10H. The van der Waals surface area contributed by atoms with E-state index in [4.69, 9.17) is 47.4 Å². The SMILES string of the molecule is COc1cc(C)c(-c2cc(-c3c(C)cc(OC)cc3C)c3ccc4c(-c5c(C)cc(OC)cc5C)cc(-c5c(C)cc(OC)cc5C)c5ccc2c3c54)c(C)c1.COc1cc(C)c(-c2cc(-c3c(C)cc(OC)cc3C)c3ccc4c(-c5c(C)cc(OC)cc5C)cc(-c5c(C)cc(OC)cc5C)c5ccc2c3c54)c(C)c1.c1ccc(Oc2ccccc2)cc1.c1ccc(Oc2ccccc2)cc1. The van der Waals surface area contributed by atoms with Gasteiger partial charge >= 0.3 is 0 Å². The lowest BCUT2D eigenvalue weighted by molar-refractivity contribution is 0.414. The highest BCUT2D eigenvalue weighted by atomic mass is 16.5. The van der Waals surface area contributed by atoms with Crippen LogP contribution in [0.2, 0.25) is 0 Å². The van der Waals surface area contributed by atoms with E-state index in [9.17, 15) is 0 Å². The number of hydrogen-bond donors (Lipinski definition) is 0. The summed E-state index contributed by atoms with van der Waals surface area (Å²) in [7, 11) is 13.9. The molecular formula is C128H120O10. The van der Waals surface area contributed by atoms with Gasteiger partial charge in [0.25, 0.3) is 0 Å². The van der Waals surface area contributed by atoms with Crippen molar-refractivity contribution in [1.29, 1.82) is 0 Å². The van der Waals surface area contributed by atoms with E-state index >= 15 is 0 Å². The van der Waals surface area contributed by atoms with Gasteiger partial charge in [0.05, 0.1) is 56.9 Å².